The van der Waals surface area contributed by atoms with Crippen LogP contribution in [0.5, 0.6) is 0 Å². The Morgan fingerprint density at radius 3 is 1.68 bits per heavy atom. The van der Waals surface area contributed by atoms with Crippen LogP contribution in [0.15, 0.2) is 224 Å². The summed E-state index contributed by atoms with van der Waals surface area (Å²) in [5, 5.41) is 5.05. The molecule has 0 N–H and O–H groups in total. The maximum atomic E-state index is 2.46. The van der Waals surface area contributed by atoms with E-state index in [1.807, 2.05) is 11.3 Å². The van der Waals surface area contributed by atoms with E-state index in [2.05, 4.69) is 243 Å². The third-order valence-electron chi connectivity index (χ3n) is 13.3. The summed E-state index contributed by atoms with van der Waals surface area (Å²) in [4.78, 5) is 2.46. The molecule has 1 heterocycles. The average Bonchev–Trinajstić information content (AvgIpc) is 3.84. The summed E-state index contributed by atoms with van der Waals surface area (Å²) in [5.74, 6) is 0. The summed E-state index contributed by atoms with van der Waals surface area (Å²) < 4.78 is 2.56. The zero-order valence-corrected chi connectivity index (χ0v) is 36.0. The van der Waals surface area contributed by atoms with Crippen LogP contribution in [0, 0.1) is 0 Å². The average molecular weight is 822 g/mol. The summed E-state index contributed by atoms with van der Waals surface area (Å²) in [7, 11) is 0. The van der Waals surface area contributed by atoms with Gasteiger partial charge in [0.25, 0.3) is 0 Å². The minimum absolute atomic E-state index is 0.0997. The third kappa shape index (κ3) is 6.21. The molecule has 1 aliphatic rings. The van der Waals surface area contributed by atoms with E-state index < -0.39 is 0 Å². The molecule has 0 saturated carbocycles. The van der Waals surface area contributed by atoms with E-state index in [0.717, 1.165) is 17.1 Å². The number of hydrogen-bond acceptors (Lipinski definition) is 2. The Balaban J connectivity index is 0.997. The van der Waals surface area contributed by atoms with Gasteiger partial charge in [0.1, 0.15) is 0 Å². The Morgan fingerprint density at radius 1 is 0.365 bits per heavy atom. The fourth-order valence-corrected chi connectivity index (χ4v) is 11.3. The second-order valence-corrected chi connectivity index (χ2v) is 18.3. The molecule has 1 nitrogen and oxygen atoms in total. The number of anilines is 3. The number of nitrogens with zero attached hydrogens (tertiary/aromatic N) is 1. The van der Waals surface area contributed by atoms with Crippen LogP contribution in [0.4, 0.5) is 17.1 Å². The lowest BCUT2D eigenvalue weighted by atomic mass is 9.79. The van der Waals surface area contributed by atoms with E-state index in [4.69, 9.17) is 0 Å². The second kappa shape index (κ2) is 14.8. The Kier molecular flexibility index (Phi) is 8.77. The Labute approximate surface area is 372 Å². The summed E-state index contributed by atoms with van der Waals surface area (Å²) in [5.41, 5.74) is 18.6. The van der Waals surface area contributed by atoms with Crippen molar-refractivity contribution in [3.8, 4) is 55.6 Å². The van der Waals surface area contributed by atoms with Gasteiger partial charge in [-0.25, -0.2) is 0 Å². The maximum Gasteiger partial charge on any atom is 0.0554 e. The standard InChI is InChI=1S/C61H43NS/c1-61(2)55-22-9-8-18-52(55)53-21-11-20-51(60(53)61)45-31-36-48(37-32-45)62(47-34-29-44(30-35-47)50-19-10-16-43-15-6-7-17-49(43)50)56-23-12-24-58-59(56)54-39-46(33-38-57(54)63-58)42-27-25-41(26-28-42)40-13-4-3-5-14-40/h3-39H,1-2H3. The van der Waals surface area contributed by atoms with Crippen LogP contribution in [0.2, 0.25) is 0 Å². The first kappa shape index (κ1) is 37.3. The van der Waals surface area contributed by atoms with Crippen LogP contribution < -0.4 is 4.90 Å². The lowest BCUT2D eigenvalue weighted by Gasteiger charge is -2.27. The molecule has 0 saturated heterocycles. The largest absolute Gasteiger partial charge is 0.310 e. The van der Waals surface area contributed by atoms with Gasteiger partial charge in [0.05, 0.1) is 5.69 Å². The van der Waals surface area contributed by atoms with Gasteiger partial charge in [-0.1, -0.05) is 190 Å². The molecule has 0 spiro atoms. The molecule has 11 aromatic rings. The zero-order valence-electron chi connectivity index (χ0n) is 35.2. The van der Waals surface area contributed by atoms with E-state index in [-0.39, 0.29) is 5.41 Å². The van der Waals surface area contributed by atoms with Gasteiger partial charge < -0.3 is 4.90 Å². The fraction of sp³-hybridized carbons (Fsp3) is 0.0492. The fourth-order valence-electron chi connectivity index (χ4n) is 10.2. The second-order valence-electron chi connectivity index (χ2n) is 17.3. The van der Waals surface area contributed by atoms with Crippen LogP contribution in [-0.4, -0.2) is 0 Å². The molecule has 298 valence electrons. The normalized spacial score (nSPS) is 12.7. The minimum Gasteiger partial charge on any atom is -0.310 e. The molecule has 0 aliphatic heterocycles. The molecule has 12 rings (SSSR count). The number of thiophene rings is 1. The first-order valence-corrected chi connectivity index (χ1v) is 22.6. The molecular formula is C61H43NS. The van der Waals surface area contributed by atoms with E-state index in [0.29, 0.717) is 0 Å². The lowest BCUT2D eigenvalue weighted by Crippen LogP contribution is -2.16. The summed E-state index contributed by atoms with van der Waals surface area (Å²) in [6, 6.07) is 82.8. The van der Waals surface area contributed by atoms with Crippen LogP contribution in [0.25, 0.3) is 86.6 Å². The smallest absolute Gasteiger partial charge is 0.0554 e. The molecular weight excluding hydrogens is 779 g/mol. The van der Waals surface area contributed by atoms with E-state index in [1.165, 1.54) is 97.7 Å². The molecule has 1 aliphatic carbocycles. The summed E-state index contributed by atoms with van der Waals surface area (Å²) in [6.45, 7) is 4.74. The summed E-state index contributed by atoms with van der Waals surface area (Å²) in [6.07, 6.45) is 0. The molecule has 0 atom stereocenters. The van der Waals surface area contributed by atoms with Crippen molar-refractivity contribution in [2.45, 2.75) is 19.3 Å². The Bertz CT molecular complexity index is 3500. The quantitative estimate of drug-likeness (QED) is 0.155. The highest BCUT2D eigenvalue weighted by Crippen LogP contribution is 2.53. The van der Waals surface area contributed by atoms with Crippen molar-refractivity contribution in [1.82, 2.24) is 0 Å². The number of hydrogen-bond donors (Lipinski definition) is 0. The minimum atomic E-state index is -0.0997. The molecule has 1 aromatic heterocycles. The van der Waals surface area contributed by atoms with E-state index >= 15 is 0 Å². The Hall–Kier alpha value is -7.52. The van der Waals surface area contributed by atoms with Gasteiger partial charge in [-0.05, 0) is 126 Å². The first-order valence-electron chi connectivity index (χ1n) is 21.8. The molecule has 0 fully saturated rings. The highest BCUT2D eigenvalue weighted by Gasteiger charge is 2.37. The van der Waals surface area contributed by atoms with Crippen molar-refractivity contribution < 1.29 is 0 Å². The van der Waals surface area contributed by atoms with E-state index in [1.54, 1.807) is 0 Å². The van der Waals surface area contributed by atoms with Crippen molar-refractivity contribution in [2.24, 2.45) is 0 Å². The van der Waals surface area contributed by atoms with Crippen molar-refractivity contribution in [2.75, 3.05) is 4.90 Å². The SMILES string of the molecule is CC1(C)c2ccccc2-c2cccc(-c3ccc(N(c4ccc(-c5cccc6ccccc56)cc4)c4cccc5sc6ccc(-c7ccc(-c8ccccc8)cc7)cc6c45)cc3)c21. The van der Waals surface area contributed by atoms with E-state index in [9.17, 15) is 0 Å². The van der Waals surface area contributed by atoms with Crippen LogP contribution in [-0.2, 0) is 5.41 Å². The maximum absolute atomic E-state index is 2.46. The van der Waals surface area contributed by atoms with Crippen LogP contribution in [0.1, 0.15) is 25.0 Å². The van der Waals surface area contributed by atoms with Gasteiger partial charge in [-0.3, -0.25) is 0 Å². The van der Waals surface area contributed by atoms with Crippen LogP contribution in [0.3, 0.4) is 0 Å². The third-order valence-corrected chi connectivity index (χ3v) is 14.4. The van der Waals surface area contributed by atoms with Gasteiger partial charge in [0.2, 0.25) is 0 Å². The molecule has 0 amide bonds. The van der Waals surface area contributed by atoms with Crippen molar-refractivity contribution >= 4 is 59.3 Å². The molecule has 2 heteroatoms. The number of rotatable bonds is 7. The first-order chi connectivity index (χ1) is 31.0. The predicted molar refractivity (Wildman–Crippen MR) is 271 cm³/mol. The topological polar surface area (TPSA) is 3.24 Å². The molecule has 63 heavy (non-hydrogen) atoms. The molecule has 10 aromatic carbocycles. The lowest BCUT2D eigenvalue weighted by molar-refractivity contribution is 0.662. The molecule has 0 bridgehead atoms. The van der Waals surface area contributed by atoms with Crippen molar-refractivity contribution in [1.29, 1.82) is 0 Å². The van der Waals surface area contributed by atoms with Gasteiger partial charge in [0, 0.05) is 37.0 Å². The van der Waals surface area contributed by atoms with Gasteiger partial charge >= 0.3 is 0 Å². The van der Waals surface area contributed by atoms with Gasteiger partial charge in [-0.2, -0.15) is 0 Å². The van der Waals surface area contributed by atoms with Gasteiger partial charge in [0.15, 0.2) is 0 Å². The highest BCUT2D eigenvalue weighted by molar-refractivity contribution is 7.26. The molecule has 0 radical (unpaired) electrons. The number of benzene rings is 10. The summed E-state index contributed by atoms with van der Waals surface area (Å²) >= 11 is 1.87. The van der Waals surface area contributed by atoms with Crippen molar-refractivity contribution in [3.05, 3.63) is 236 Å². The van der Waals surface area contributed by atoms with Gasteiger partial charge in [-0.15, -0.1) is 11.3 Å². The molecule has 0 unspecified atom stereocenters. The van der Waals surface area contributed by atoms with Crippen LogP contribution >= 0.6 is 11.3 Å². The zero-order chi connectivity index (χ0) is 42.1. The monoisotopic (exact) mass is 821 g/mol. The number of fused-ring (bicyclic) bond motifs is 7. The highest BCUT2D eigenvalue weighted by atomic mass is 32.1. The Morgan fingerprint density at radius 2 is 0.905 bits per heavy atom. The van der Waals surface area contributed by atoms with Crippen molar-refractivity contribution in [3.63, 3.8) is 0 Å². The predicted octanol–water partition coefficient (Wildman–Crippen LogP) is 17.7.